The SMILES string of the molecule is Cc1ccc(-c2csc(NC(=O)Cn3c(C)csc3=O)n2)cc1C. The molecule has 2 heterocycles. The molecule has 0 aliphatic carbocycles. The molecule has 24 heavy (non-hydrogen) atoms. The summed E-state index contributed by atoms with van der Waals surface area (Å²) in [5.41, 5.74) is 5.09. The van der Waals surface area contributed by atoms with Crippen LogP contribution in [0, 0.1) is 20.8 Å². The molecule has 1 N–H and O–H groups in total. The number of amides is 1. The second-order valence-electron chi connectivity index (χ2n) is 5.61. The number of hydrogen-bond donors (Lipinski definition) is 1. The number of aryl methyl sites for hydroxylation is 3. The minimum absolute atomic E-state index is 0.00667. The summed E-state index contributed by atoms with van der Waals surface area (Å²) in [7, 11) is 0. The number of aromatic nitrogens is 2. The standard InChI is InChI=1S/C17H17N3O2S2/c1-10-4-5-13(6-11(10)2)14-9-23-16(18-14)19-15(21)7-20-12(3)8-24-17(20)22/h4-6,8-9H,7H2,1-3H3,(H,18,19,21). The maximum atomic E-state index is 12.1. The monoisotopic (exact) mass is 359 g/mol. The Morgan fingerprint density at radius 2 is 1.96 bits per heavy atom. The van der Waals surface area contributed by atoms with Crippen molar-refractivity contribution in [1.82, 2.24) is 9.55 Å². The Hall–Kier alpha value is -2.25. The van der Waals surface area contributed by atoms with Crippen molar-refractivity contribution in [3.63, 3.8) is 0 Å². The molecule has 0 saturated carbocycles. The predicted molar refractivity (Wildman–Crippen MR) is 99.0 cm³/mol. The van der Waals surface area contributed by atoms with Gasteiger partial charge in [-0.15, -0.1) is 11.3 Å². The normalized spacial score (nSPS) is 10.8. The summed E-state index contributed by atoms with van der Waals surface area (Å²) < 4.78 is 1.46. The Balaban J connectivity index is 1.73. The van der Waals surface area contributed by atoms with Crippen molar-refractivity contribution in [3.8, 4) is 11.3 Å². The van der Waals surface area contributed by atoms with Crippen LogP contribution in [-0.4, -0.2) is 15.5 Å². The van der Waals surface area contributed by atoms with E-state index < -0.39 is 0 Å². The summed E-state index contributed by atoms with van der Waals surface area (Å²) in [6, 6.07) is 6.18. The fourth-order valence-electron chi connectivity index (χ4n) is 2.26. The first-order valence-electron chi connectivity index (χ1n) is 7.42. The summed E-state index contributed by atoms with van der Waals surface area (Å²) in [4.78, 5) is 28.1. The lowest BCUT2D eigenvalue weighted by atomic mass is 10.1. The third-order valence-corrected chi connectivity index (χ3v) is 5.47. The Kier molecular flexibility index (Phi) is 4.64. The van der Waals surface area contributed by atoms with Gasteiger partial charge in [-0.1, -0.05) is 23.5 Å². The van der Waals surface area contributed by atoms with Crippen LogP contribution in [0.5, 0.6) is 0 Å². The molecular formula is C17H17N3O2S2. The molecule has 0 unspecified atom stereocenters. The van der Waals surface area contributed by atoms with Gasteiger partial charge in [0.15, 0.2) is 5.13 Å². The highest BCUT2D eigenvalue weighted by molar-refractivity contribution is 7.14. The molecule has 7 heteroatoms. The summed E-state index contributed by atoms with van der Waals surface area (Å²) in [6.07, 6.45) is 0. The number of carbonyl (C=O) groups is 1. The lowest BCUT2D eigenvalue weighted by Gasteiger charge is -2.04. The molecule has 124 valence electrons. The van der Waals surface area contributed by atoms with Crippen LogP contribution in [0.1, 0.15) is 16.8 Å². The highest BCUT2D eigenvalue weighted by Crippen LogP contribution is 2.26. The van der Waals surface area contributed by atoms with Crippen LogP contribution in [0.2, 0.25) is 0 Å². The molecular weight excluding hydrogens is 342 g/mol. The zero-order chi connectivity index (χ0) is 17.3. The number of rotatable bonds is 4. The Labute approximate surface area is 147 Å². The maximum absolute atomic E-state index is 12.1. The van der Waals surface area contributed by atoms with Gasteiger partial charge >= 0.3 is 4.87 Å². The van der Waals surface area contributed by atoms with Gasteiger partial charge in [-0.2, -0.15) is 0 Å². The van der Waals surface area contributed by atoms with Crippen molar-refractivity contribution in [2.45, 2.75) is 27.3 Å². The van der Waals surface area contributed by atoms with E-state index in [0.717, 1.165) is 28.3 Å². The van der Waals surface area contributed by atoms with Crippen molar-refractivity contribution < 1.29 is 4.79 Å². The molecule has 0 radical (unpaired) electrons. The van der Waals surface area contributed by atoms with Crippen molar-refractivity contribution in [1.29, 1.82) is 0 Å². The molecule has 1 amide bonds. The smallest absolute Gasteiger partial charge is 0.300 e. The van der Waals surface area contributed by atoms with E-state index in [1.807, 2.05) is 18.4 Å². The van der Waals surface area contributed by atoms with E-state index in [0.29, 0.717) is 5.13 Å². The van der Waals surface area contributed by atoms with E-state index in [2.05, 4.69) is 36.3 Å². The second-order valence-corrected chi connectivity index (χ2v) is 7.29. The highest BCUT2D eigenvalue weighted by atomic mass is 32.1. The van der Waals surface area contributed by atoms with E-state index in [9.17, 15) is 9.59 Å². The van der Waals surface area contributed by atoms with Crippen molar-refractivity contribution in [2.24, 2.45) is 0 Å². The molecule has 0 saturated heterocycles. The van der Waals surface area contributed by atoms with Gasteiger partial charge in [0, 0.05) is 22.0 Å². The van der Waals surface area contributed by atoms with Gasteiger partial charge in [0.2, 0.25) is 5.91 Å². The fourth-order valence-corrected chi connectivity index (χ4v) is 3.73. The summed E-state index contributed by atoms with van der Waals surface area (Å²) in [5, 5.41) is 6.97. The number of nitrogens with one attached hydrogen (secondary N) is 1. The quantitative estimate of drug-likeness (QED) is 0.774. The van der Waals surface area contributed by atoms with Crippen LogP contribution >= 0.6 is 22.7 Å². The average molecular weight is 359 g/mol. The maximum Gasteiger partial charge on any atom is 0.307 e. The zero-order valence-electron chi connectivity index (χ0n) is 13.6. The molecule has 0 aliphatic rings. The number of carbonyl (C=O) groups excluding carboxylic acids is 1. The zero-order valence-corrected chi connectivity index (χ0v) is 15.3. The molecule has 1 aromatic carbocycles. The van der Waals surface area contributed by atoms with Crippen LogP contribution in [0.4, 0.5) is 5.13 Å². The number of hydrogen-bond acceptors (Lipinski definition) is 5. The minimum atomic E-state index is -0.250. The first kappa shape index (κ1) is 16.6. The first-order valence-corrected chi connectivity index (χ1v) is 9.18. The number of anilines is 1. The summed E-state index contributed by atoms with van der Waals surface area (Å²) >= 11 is 2.47. The Bertz CT molecular complexity index is 953. The molecule has 0 aliphatic heterocycles. The third-order valence-electron chi connectivity index (χ3n) is 3.83. The number of thiazole rings is 2. The molecule has 0 fully saturated rings. The average Bonchev–Trinajstić information content (AvgIpc) is 3.12. The lowest BCUT2D eigenvalue weighted by molar-refractivity contribution is -0.116. The van der Waals surface area contributed by atoms with Crippen molar-refractivity contribution in [2.75, 3.05) is 5.32 Å². The van der Waals surface area contributed by atoms with Crippen LogP contribution in [-0.2, 0) is 11.3 Å². The summed E-state index contributed by atoms with van der Waals surface area (Å²) in [5.74, 6) is -0.250. The van der Waals surface area contributed by atoms with Gasteiger partial charge in [-0.05, 0) is 38.0 Å². The molecule has 3 aromatic rings. The van der Waals surface area contributed by atoms with E-state index in [1.54, 1.807) is 5.38 Å². The van der Waals surface area contributed by atoms with E-state index in [-0.39, 0.29) is 17.3 Å². The second kappa shape index (κ2) is 6.70. The molecule has 3 rings (SSSR count). The molecule has 0 bridgehead atoms. The van der Waals surface area contributed by atoms with E-state index >= 15 is 0 Å². The van der Waals surface area contributed by atoms with Gasteiger partial charge in [0.05, 0.1) is 5.69 Å². The topological polar surface area (TPSA) is 64.0 Å². The largest absolute Gasteiger partial charge is 0.307 e. The van der Waals surface area contributed by atoms with Crippen LogP contribution in [0.3, 0.4) is 0 Å². The third kappa shape index (κ3) is 3.47. The predicted octanol–water partition coefficient (Wildman–Crippen LogP) is 3.60. The van der Waals surface area contributed by atoms with Crippen molar-refractivity contribution >= 4 is 33.7 Å². The van der Waals surface area contributed by atoms with Crippen LogP contribution < -0.4 is 10.2 Å². The van der Waals surface area contributed by atoms with Gasteiger partial charge < -0.3 is 5.32 Å². The van der Waals surface area contributed by atoms with Gasteiger partial charge in [0.1, 0.15) is 6.54 Å². The number of nitrogens with zero attached hydrogens (tertiary/aromatic N) is 2. The van der Waals surface area contributed by atoms with Gasteiger partial charge in [0.25, 0.3) is 0 Å². The van der Waals surface area contributed by atoms with Gasteiger partial charge in [-0.3, -0.25) is 14.2 Å². The highest BCUT2D eigenvalue weighted by Gasteiger charge is 2.11. The molecule has 5 nitrogen and oxygen atoms in total. The lowest BCUT2D eigenvalue weighted by Crippen LogP contribution is -2.25. The van der Waals surface area contributed by atoms with Gasteiger partial charge in [-0.25, -0.2) is 4.98 Å². The number of benzene rings is 1. The minimum Gasteiger partial charge on any atom is -0.300 e. The van der Waals surface area contributed by atoms with Crippen LogP contribution in [0.15, 0.2) is 33.8 Å². The van der Waals surface area contributed by atoms with Crippen molar-refractivity contribution in [3.05, 3.63) is 55.4 Å². The van der Waals surface area contributed by atoms with E-state index in [4.69, 9.17) is 0 Å². The van der Waals surface area contributed by atoms with Crippen LogP contribution in [0.25, 0.3) is 11.3 Å². The first-order chi connectivity index (χ1) is 11.4. The van der Waals surface area contributed by atoms with E-state index in [1.165, 1.54) is 27.0 Å². The fraction of sp³-hybridized carbons (Fsp3) is 0.235. The summed E-state index contributed by atoms with van der Waals surface area (Å²) in [6.45, 7) is 5.95. The molecule has 2 aromatic heterocycles. The molecule has 0 atom stereocenters. The Morgan fingerprint density at radius 3 is 2.62 bits per heavy atom. The Morgan fingerprint density at radius 1 is 1.17 bits per heavy atom. The molecule has 0 spiro atoms.